The number of benzene rings is 2. The lowest BCUT2D eigenvalue weighted by atomic mass is 9.81. The van der Waals surface area contributed by atoms with Crippen molar-refractivity contribution in [3.05, 3.63) is 107 Å². The van der Waals surface area contributed by atoms with Crippen molar-refractivity contribution in [1.82, 2.24) is 10.2 Å². The first-order chi connectivity index (χ1) is 32.5. The largest absolute Gasteiger partial charge is 0.748 e. The van der Waals surface area contributed by atoms with Crippen molar-refractivity contribution in [3.8, 4) is 0 Å². The van der Waals surface area contributed by atoms with Crippen molar-refractivity contribution < 1.29 is 75.6 Å². The van der Waals surface area contributed by atoms with Crippen LogP contribution < -0.4 is 10.2 Å². The maximum absolute atomic E-state index is 12.5. The Hall–Kier alpha value is -5.18. The maximum Gasteiger partial charge on any atom is 0.253 e. The monoisotopic (exact) mass is 1050 g/mol. The number of carbonyl (C=O) groups excluding carboxylic acids is 3. The van der Waals surface area contributed by atoms with Crippen LogP contribution >= 0.6 is 0 Å². The zero-order valence-electron chi connectivity index (χ0n) is 39.0. The topological polar surface area (TPSA) is 311 Å². The molecular weight excluding hydrogens is 993 g/mol. The summed E-state index contributed by atoms with van der Waals surface area (Å²) in [6.45, 7) is 7.07. The van der Waals surface area contributed by atoms with Crippen LogP contribution in [0.25, 0.3) is 0 Å². The van der Waals surface area contributed by atoms with E-state index in [1.807, 2.05) is 0 Å². The minimum atomic E-state index is -4.86. The average Bonchev–Trinajstić information content (AvgIpc) is 3.77. The summed E-state index contributed by atoms with van der Waals surface area (Å²) in [6, 6.07) is 7.41. The number of imide groups is 1. The van der Waals surface area contributed by atoms with Gasteiger partial charge in [-0.3, -0.25) is 19.3 Å². The van der Waals surface area contributed by atoms with Crippen LogP contribution in [0.1, 0.15) is 77.3 Å². The first-order valence-electron chi connectivity index (χ1n) is 22.2. The normalized spacial score (nSPS) is 17.8. The molecule has 0 aromatic heterocycles. The van der Waals surface area contributed by atoms with Crippen LogP contribution in [0, 0.1) is 0 Å². The zero-order chi connectivity index (χ0) is 51.9. The van der Waals surface area contributed by atoms with Crippen LogP contribution in [0.4, 0.5) is 11.4 Å². The van der Waals surface area contributed by atoms with Crippen LogP contribution in [0.15, 0.2) is 106 Å². The van der Waals surface area contributed by atoms with Gasteiger partial charge in [-0.2, -0.15) is 4.58 Å². The maximum atomic E-state index is 12.5. The van der Waals surface area contributed by atoms with Gasteiger partial charge in [0.05, 0.1) is 36.8 Å². The minimum absolute atomic E-state index is 0.152. The Morgan fingerprint density at radius 1 is 0.729 bits per heavy atom. The van der Waals surface area contributed by atoms with Gasteiger partial charge in [0.15, 0.2) is 12.3 Å². The Balaban J connectivity index is 1.36. The summed E-state index contributed by atoms with van der Waals surface area (Å²) in [5.74, 6) is -2.54. The van der Waals surface area contributed by atoms with E-state index >= 15 is 0 Å². The fourth-order valence-corrected chi connectivity index (χ4v) is 10.3. The number of anilines is 1. The number of amides is 3. The third kappa shape index (κ3) is 14.7. The van der Waals surface area contributed by atoms with Crippen LogP contribution in [-0.4, -0.2) is 136 Å². The van der Waals surface area contributed by atoms with Gasteiger partial charge in [-0.15, -0.1) is 0 Å². The highest BCUT2D eigenvalue weighted by Gasteiger charge is 2.45. The van der Waals surface area contributed by atoms with Crippen molar-refractivity contribution in [2.75, 3.05) is 55.8 Å². The molecular formula is C46H55N4O16S4-3. The third-order valence-electron chi connectivity index (χ3n) is 12.1. The van der Waals surface area contributed by atoms with Crippen molar-refractivity contribution in [2.45, 2.75) is 86.8 Å². The van der Waals surface area contributed by atoms with Gasteiger partial charge in [0.1, 0.15) is 37.0 Å². The van der Waals surface area contributed by atoms with E-state index in [1.165, 1.54) is 41.3 Å². The third-order valence-corrected chi connectivity index (χ3v) is 15.1. The van der Waals surface area contributed by atoms with E-state index in [4.69, 9.17) is 4.74 Å². The van der Waals surface area contributed by atoms with Gasteiger partial charge >= 0.3 is 0 Å². The highest BCUT2D eigenvalue weighted by molar-refractivity contribution is 7.86. The predicted molar refractivity (Wildman–Crippen MR) is 253 cm³/mol. The molecule has 2 aromatic rings. The standard InChI is InChI=1S/C46H58N4O16S4/c1-45(2)36-30-34(69(60,61)62)17-19-38(36)48(25-28-67(54,55)56)40(45)15-9-12-33(14-11-27-66-32-42(51)47-23-7-5-6-8-24-50-43(52)21-22-44(50)53)13-10-16-41-46(3,4)37-31-35(70(63,64)65)18-20-39(37)49(41)26-29-68(57,58)59/h9-10,12-13,15-22,30-31H,5-8,11,14,23-29,32H2,1-4H3,(H4-,47,51,54,55,56,57,58,59,60,61,62,63,64,65)/p-3. The van der Waals surface area contributed by atoms with Crippen LogP contribution in [0.3, 0.4) is 0 Å². The molecule has 3 amide bonds. The minimum Gasteiger partial charge on any atom is -0.748 e. The Morgan fingerprint density at radius 3 is 1.97 bits per heavy atom. The number of nitrogens with zero attached hydrogens (tertiary/aromatic N) is 3. The molecule has 5 rings (SSSR count). The number of hydrogen-bond acceptors (Lipinski definition) is 17. The number of allylic oxidation sites excluding steroid dienone is 8. The Morgan fingerprint density at radius 2 is 1.34 bits per heavy atom. The summed E-state index contributed by atoms with van der Waals surface area (Å²) >= 11 is 0. The van der Waals surface area contributed by atoms with Gasteiger partial charge in [0.2, 0.25) is 11.6 Å². The van der Waals surface area contributed by atoms with E-state index in [2.05, 4.69) is 5.32 Å². The lowest BCUT2D eigenvalue weighted by Gasteiger charge is -2.27. The van der Waals surface area contributed by atoms with Gasteiger partial charge in [-0.25, -0.2) is 33.7 Å². The number of nitrogens with one attached hydrogen (secondary N) is 1. The quantitative estimate of drug-likeness (QED) is 0.0491. The number of ether oxygens (including phenoxy) is 1. The smallest absolute Gasteiger partial charge is 0.253 e. The van der Waals surface area contributed by atoms with Gasteiger partial charge in [-0.1, -0.05) is 51.0 Å². The molecule has 20 nitrogen and oxygen atoms in total. The van der Waals surface area contributed by atoms with E-state index in [9.17, 15) is 66.3 Å². The number of unbranched alkanes of at least 4 members (excludes halogenated alkanes) is 3. The predicted octanol–water partition coefficient (Wildman–Crippen LogP) is 3.08. The molecule has 0 bridgehead atoms. The molecule has 382 valence electrons. The number of hydrogen-bond donors (Lipinski definition) is 1. The van der Waals surface area contributed by atoms with Gasteiger partial charge < -0.3 is 33.2 Å². The molecule has 24 heteroatoms. The fraction of sp³-hybridized carbons (Fsp3) is 0.435. The van der Waals surface area contributed by atoms with Crippen LogP contribution in [-0.2, 0) is 70.4 Å². The summed E-state index contributed by atoms with van der Waals surface area (Å²) in [5, 5.41) is 2.79. The number of rotatable bonds is 25. The molecule has 0 fully saturated rings. The molecule has 0 aliphatic carbocycles. The second-order valence-electron chi connectivity index (χ2n) is 17.8. The SMILES string of the molecule is CC1(C)C(/C=C/C=C(/C=C/C=C2/N(CCS(=O)(=O)[O-])c3ccc(S(=O)(=O)[O-])cc3C2(C)C)CCCOCC(=O)NCCCCCCN2C(=O)C=CC2=O)=[N+](CCS(=O)(=O)[O-])c2ccc(S(=O)(=O)[O-])cc21. The molecule has 0 spiro atoms. The molecule has 3 aliphatic heterocycles. The summed E-state index contributed by atoms with van der Waals surface area (Å²) in [4.78, 5) is 37.7. The summed E-state index contributed by atoms with van der Waals surface area (Å²) in [6.07, 6.45) is 16.2. The van der Waals surface area contributed by atoms with E-state index in [0.717, 1.165) is 25.0 Å². The average molecular weight is 1050 g/mol. The summed E-state index contributed by atoms with van der Waals surface area (Å²) in [5.41, 5.74) is 1.24. The first kappa shape index (κ1) is 55.7. The van der Waals surface area contributed by atoms with Gasteiger partial charge in [0.25, 0.3) is 11.8 Å². The lowest BCUT2D eigenvalue weighted by Crippen LogP contribution is -2.31. The van der Waals surface area contributed by atoms with Crippen LogP contribution in [0.2, 0.25) is 0 Å². The van der Waals surface area contributed by atoms with Crippen molar-refractivity contribution >= 4 is 75.3 Å². The molecule has 0 saturated carbocycles. The molecule has 1 N–H and O–H groups in total. The molecule has 3 heterocycles. The van der Waals surface area contributed by atoms with Crippen molar-refractivity contribution in [3.63, 3.8) is 0 Å². The Kier molecular flexibility index (Phi) is 17.9. The highest BCUT2D eigenvalue weighted by Crippen LogP contribution is 2.48. The van der Waals surface area contributed by atoms with Gasteiger partial charge in [0, 0.05) is 72.9 Å². The number of fused-ring (bicyclic) bond motifs is 2. The summed E-state index contributed by atoms with van der Waals surface area (Å²) in [7, 11) is -19.1. The summed E-state index contributed by atoms with van der Waals surface area (Å²) < 4.78 is 149. The molecule has 2 aromatic carbocycles. The Labute approximate surface area is 409 Å². The lowest BCUT2D eigenvalue weighted by molar-refractivity contribution is -0.432. The second-order valence-corrected chi connectivity index (χ2v) is 23.6. The van der Waals surface area contributed by atoms with E-state index in [0.29, 0.717) is 78.3 Å². The Bertz CT molecular complexity index is 3010. The highest BCUT2D eigenvalue weighted by atomic mass is 32.2. The fourth-order valence-electron chi connectivity index (χ4n) is 8.48. The molecule has 3 aliphatic rings. The first-order valence-corrected chi connectivity index (χ1v) is 28.1. The van der Waals surface area contributed by atoms with Crippen molar-refractivity contribution in [2.24, 2.45) is 0 Å². The zero-order valence-corrected chi connectivity index (χ0v) is 42.3. The van der Waals surface area contributed by atoms with E-state index in [-0.39, 0.29) is 44.0 Å². The van der Waals surface area contributed by atoms with E-state index in [1.54, 1.807) is 73.6 Å². The molecule has 70 heavy (non-hydrogen) atoms. The van der Waals surface area contributed by atoms with E-state index < -0.39 is 72.6 Å². The molecule has 0 radical (unpaired) electrons. The second kappa shape index (κ2) is 22.5. The van der Waals surface area contributed by atoms with Crippen molar-refractivity contribution in [1.29, 1.82) is 0 Å². The van der Waals surface area contributed by atoms with Gasteiger partial charge in [-0.05, 0) is 87.1 Å². The molecule has 0 atom stereocenters. The van der Waals surface area contributed by atoms with Crippen LogP contribution in [0.5, 0.6) is 0 Å². The number of carbonyl (C=O) groups is 3. The molecule has 0 saturated heterocycles. The molecule has 0 unspecified atom stereocenters.